The van der Waals surface area contributed by atoms with E-state index < -0.39 is 11.9 Å². The minimum atomic E-state index is -4.56. The predicted octanol–water partition coefficient (Wildman–Crippen LogP) is 3.17. The van der Waals surface area contributed by atoms with Gasteiger partial charge in [0.15, 0.2) is 5.69 Å². The van der Waals surface area contributed by atoms with E-state index in [1.807, 2.05) is 0 Å². The number of hydrogen-bond acceptors (Lipinski definition) is 5. The van der Waals surface area contributed by atoms with E-state index in [0.29, 0.717) is 47.5 Å². The second-order valence-corrected chi connectivity index (χ2v) is 6.83. The Kier molecular flexibility index (Phi) is 4.85. The third kappa shape index (κ3) is 3.74. The Balaban J connectivity index is 1.52. The molecule has 1 aliphatic rings. The number of halogens is 3. The van der Waals surface area contributed by atoms with Crippen molar-refractivity contribution >= 4 is 11.7 Å². The largest absolute Gasteiger partial charge is 0.497 e. The van der Waals surface area contributed by atoms with Gasteiger partial charge in [0.25, 0.3) is 11.7 Å². The van der Waals surface area contributed by atoms with Crippen LogP contribution in [0.15, 0.2) is 36.7 Å². The topological polar surface area (TPSA) is 72.6 Å². The SMILES string of the molecule is COc1cccc(C(=O)N2CCC(c3cc(C(F)(F)F)n4ncnc4n3)CC2)c1. The van der Waals surface area contributed by atoms with Gasteiger partial charge < -0.3 is 9.64 Å². The second-order valence-electron chi connectivity index (χ2n) is 6.83. The number of carbonyl (C=O) groups excluding carboxylic acids is 1. The number of piperidine rings is 1. The summed E-state index contributed by atoms with van der Waals surface area (Å²) >= 11 is 0. The van der Waals surface area contributed by atoms with E-state index in [1.54, 1.807) is 29.2 Å². The Hall–Kier alpha value is -3.17. The Morgan fingerprint density at radius 1 is 1.21 bits per heavy atom. The van der Waals surface area contributed by atoms with Crippen molar-refractivity contribution in [2.24, 2.45) is 0 Å². The van der Waals surface area contributed by atoms with Crippen LogP contribution in [0.1, 0.15) is 40.5 Å². The summed E-state index contributed by atoms with van der Waals surface area (Å²) in [6.07, 6.45) is -2.47. The first-order chi connectivity index (χ1) is 13.9. The lowest BCUT2D eigenvalue weighted by Crippen LogP contribution is -2.38. The normalized spacial score (nSPS) is 15.7. The monoisotopic (exact) mass is 405 g/mol. The molecule has 0 saturated carbocycles. The van der Waals surface area contributed by atoms with E-state index in [4.69, 9.17) is 4.74 Å². The zero-order chi connectivity index (χ0) is 20.6. The molecule has 0 atom stereocenters. The van der Waals surface area contributed by atoms with Crippen molar-refractivity contribution in [1.29, 1.82) is 0 Å². The number of rotatable bonds is 3. The highest BCUT2D eigenvalue weighted by Gasteiger charge is 2.36. The molecule has 0 bridgehead atoms. The van der Waals surface area contributed by atoms with Gasteiger partial charge in [0.05, 0.1) is 7.11 Å². The molecule has 1 aromatic carbocycles. The number of aromatic nitrogens is 4. The Morgan fingerprint density at radius 3 is 2.66 bits per heavy atom. The summed E-state index contributed by atoms with van der Waals surface area (Å²) < 4.78 is 46.0. The van der Waals surface area contributed by atoms with Gasteiger partial charge in [0, 0.05) is 30.3 Å². The van der Waals surface area contributed by atoms with Crippen molar-refractivity contribution in [3.63, 3.8) is 0 Å². The summed E-state index contributed by atoms with van der Waals surface area (Å²) in [5, 5.41) is 3.61. The minimum Gasteiger partial charge on any atom is -0.497 e. The van der Waals surface area contributed by atoms with Gasteiger partial charge in [-0.2, -0.15) is 27.8 Å². The molecule has 0 spiro atoms. The van der Waals surface area contributed by atoms with Crippen molar-refractivity contribution in [2.75, 3.05) is 20.2 Å². The molecule has 3 heterocycles. The van der Waals surface area contributed by atoms with Crippen LogP contribution in [0, 0.1) is 0 Å². The van der Waals surface area contributed by atoms with E-state index in [9.17, 15) is 18.0 Å². The molecule has 1 saturated heterocycles. The molecule has 7 nitrogen and oxygen atoms in total. The maximum atomic E-state index is 13.4. The molecular weight excluding hydrogens is 387 g/mol. The predicted molar refractivity (Wildman–Crippen MR) is 96.7 cm³/mol. The summed E-state index contributed by atoms with van der Waals surface area (Å²) in [6.45, 7) is 0.864. The van der Waals surface area contributed by atoms with Crippen LogP contribution in [0.4, 0.5) is 13.2 Å². The van der Waals surface area contributed by atoms with E-state index in [1.165, 1.54) is 7.11 Å². The minimum absolute atomic E-state index is 0.0790. The van der Waals surface area contributed by atoms with Crippen LogP contribution in [0.3, 0.4) is 0 Å². The maximum Gasteiger partial charge on any atom is 0.433 e. The number of carbonyl (C=O) groups is 1. The smallest absolute Gasteiger partial charge is 0.433 e. The number of alkyl halides is 3. The van der Waals surface area contributed by atoms with Crippen LogP contribution in [0.5, 0.6) is 5.75 Å². The number of ether oxygens (including phenoxy) is 1. The zero-order valence-electron chi connectivity index (χ0n) is 15.6. The van der Waals surface area contributed by atoms with Gasteiger partial charge in [-0.05, 0) is 37.1 Å². The number of hydrogen-bond donors (Lipinski definition) is 0. The van der Waals surface area contributed by atoms with Gasteiger partial charge in [-0.15, -0.1) is 0 Å². The maximum absolute atomic E-state index is 13.4. The molecule has 0 aliphatic carbocycles. The molecule has 2 aromatic heterocycles. The Labute approximate surface area is 164 Å². The molecule has 0 radical (unpaired) electrons. The summed E-state index contributed by atoms with van der Waals surface area (Å²) in [5.74, 6) is 0.201. The molecule has 10 heteroatoms. The molecule has 1 amide bonds. The fourth-order valence-corrected chi connectivity index (χ4v) is 3.56. The van der Waals surface area contributed by atoms with Gasteiger partial charge in [0.1, 0.15) is 12.1 Å². The van der Waals surface area contributed by atoms with Crippen molar-refractivity contribution in [2.45, 2.75) is 24.9 Å². The van der Waals surface area contributed by atoms with E-state index in [2.05, 4.69) is 15.1 Å². The van der Waals surface area contributed by atoms with Crippen LogP contribution in [-0.4, -0.2) is 50.6 Å². The molecule has 4 rings (SSSR count). The highest BCUT2D eigenvalue weighted by molar-refractivity contribution is 5.94. The molecule has 152 valence electrons. The molecule has 3 aromatic rings. The first-order valence-corrected chi connectivity index (χ1v) is 9.08. The standard InChI is InChI=1S/C19H18F3N5O2/c1-29-14-4-2-3-13(9-14)17(28)26-7-5-12(6-8-26)15-10-16(19(20,21)22)27-18(25-15)23-11-24-27/h2-4,9-12H,5-8H2,1H3. The molecule has 1 aliphatic heterocycles. The van der Waals surface area contributed by atoms with Crippen LogP contribution in [0.25, 0.3) is 5.78 Å². The molecule has 1 fully saturated rings. The summed E-state index contributed by atoms with van der Waals surface area (Å²) in [7, 11) is 1.53. The van der Waals surface area contributed by atoms with Gasteiger partial charge in [0.2, 0.25) is 0 Å². The van der Waals surface area contributed by atoms with E-state index in [-0.39, 0.29) is 17.6 Å². The van der Waals surface area contributed by atoms with Crippen molar-refractivity contribution < 1.29 is 22.7 Å². The first-order valence-electron chi connectivity index (χ1n) is 9.08. The zero-order valence-corrected chi connectivity index (χ0v) is 15.6. The quantitative estimate of drug-likeness (QED) is 0.669. The Bertz CT molecular complexity index is 1040. The first kappa shape index (κ1) is 19.2. The van der Waals surface area contributed by atoms with Crippen molar-refractivity contribution in [3.8, 4) is 5.75 Å². The fraction of sp³-hybridized carbons (Fsp3) is 0.368. The van der Waals surface area contributed by atoms with E-state index in [0.717, 1.165) is 12.4 Å². The highest BCUT2D eigenvalue weighted by Crippen LogP contribution is 2.33. The lowest BCUT2D eigenvalue weighted by atomic mass is 9.92. The molecule has 0 unspecified atom stereocenters. The molecular formula is C19H18F3N5O2. The van der Waals surface area contributed by atoms with Gasteiger partial charge in [-0.1, -0.05) is 6.07 Å². The third-order valence-electron chi connectivity index (χ3n) is 5.08. The van der Waals surface area contributed by atoms with Gasteiger partial charge >= 0.3 is 6.18 Å². The van der Waals surface area contributed by atoms with Gasteiger partial charge in [-0.3, -0.25) is 4.79 Å². The van der Waals surface area contributed by atoms with E-state index >= 15 is 0 Å². The lowest BCUT2D eigenvalue weighted by molar-refractivity contribution is -0.142. The van der Waals surface area contributed by atoms with Crippen LogP contribution < -0.4 is 4.74 Å². The average molecular weight is 405 g/mol. The lowest BCUT2D eigenvalue weighted by Gasteiger charge is -2.32. The highest BCUT2D eigenvalue weighted by atomic mass is 19.4. The van der Waals surface area contributed by atoms with Crippen molar-refractivity contribution in [3.05, 3.63) is 53.6 Å². The molecule has 0 N–H and O–H groups in total. The third-order valence-corrected chi connectivity index (χ3v) is 5.08. The summed E-state index contributed by atoms with van der Waals surface area (Å²) in [5.41, 5.74) is -0.0543. The number of fused-ring (bicyclic) bond motifs is 1. The summed E-state index contributed by atoms with van der Waals surface area (Å²) in [6, 6.07) is 7.92. The Morgan fingerprint density at radius 2 is 1.97 bits per heavy atom. The van der Waals surface area contributed by atoms with Crippen molar-refractivity contribution in [1.82, 2.24) is 24.5 Å². The molecule has 29 heavy (non-hydrogen) atoms. The summed E-state index contributed by atoms with van der Waals surface area (Å²) in [4.78, 5) is 22.5. The number of methoxy groups -OCH3 is 1. The van der Waals surface area contributed by atoms with Crippen LogP contribution >= 0.6 is 0 Å². The fourth-order valence-electron chi connectivity index (χ4n) is 3.56. The van der Waals surface area contributed by atoms with Gasteiger partial charge in [-0.25, -0.2) is 4.98 Å². The number of benzene rings is 1. The number of nitrogens with zero attached hydrogens (tertiary/aromatic N) is 5. The second kappa shape index (κ2) is 7.34. The van der Waals surface area contributed by atoms with Crippen LogP contribution in [-0.2, 0) is 6.18 Å². The number of amides is 1. The van der Waals surface area contributed by atoms with Crippen LogP contribution in [0.2, 0.25) is 0 Å². The number of likely N-dealkylation sites (tertiary alicyclic amines) is 1. The average Bonchev–Trinajstić information content (AvgIpc) is 3.20.